The van der Waals surface area contributed by atoms with Gasteiger partial charge in [0.05, 0.1) is 0 Å². The van der Waals surface area contributed by atoms with Gasteiger partial charge in [0.2, 0.25) is 5.28 Å². The average Bonchev–Trinajstić information content (AvgIpc) is 3.03. The molecule has 1 aromatic heterocycles. The van der Waals surface area contributed by atoms with Crippen LogP contribution in [0.5, 0.6) is 0 Å². The quantitative estimate of drug-likeness (QED) is 0.208. The van der Waals surface area contributed by atoms with Gasteiger partial charge < -0.3 is 0 Å². The van der Waals surface area contributed by atoms with Gasteiger partial charge in [0.15, 0.2) is 11.6 Å². The van der Waals surface area contributed by atoms with Crippen LogP contribution in [0.1, 0.15) is 0 Å². The van der Waals surface area contributed by atoms with E-state index in [4.69, 9.17) is 16.6 Å². The van der Waals surface area contributed by atoms with Crippen molar-refractivity contribution in [1.29, 1.82) is 0 Å². The fraction of sp³-hybridized carbons (Fsp3) is 0. The molecule has 192 valence electrons. The standard InChI is InChI=1S/C37H22ClN3/c38-37-40-35(29-17-16-26-20-25(14-15-27(26)21-29)23-8-2-1-3-9-23)39-36(41-37)33-22-28-11-5-6-12-30(28)32-19-18-24-10-4-7-13-31(24)34(32)33/h1-22H. The first-order chi connectivity index (χ1) is 20.2. The molecule has 3 nitrogen and oxygen atoms in total. The highest BCUT2D eigenvalue weighted by Gasteiger charge is 2.16. The normalized spacial score (nSPS) is 11.5. The van der Waals surface area contributed by atoms with Crippen molar-refractivity contribution in [2.45, 2.75) is 0 Å². The number of hydrogen-bond acceptors (Lipinski definition) is 3. The fourth-order valence-electron chi connectivity index (χ4n) is 5.85. The maximum Gasteiger partial charge on any atom is 0.226 e. The number of rotatable bonds is 3. The molecule has 0 atom stereocenters. The SMILES string of the molecule is Clc1nc(-c2ccc3cc(-c4ccccc4)ccc3c2)nc(-c2cc3ccccc3c3ccc4ccccc4c23)n1. The molecule has 0 N–H and O–H groups in total. The van der Waals surface area contributed by atoms with E-state index >= 15 is 0 Å². The van der Waals surface area contributed by atoms with Crippen molar-refractivity contribution in [3.8, 4) is 33.9 Å². The van der Waals surface area contributed by atoms with E-state index in [2.05, 4.69) is 137 Å². The fourth-order valence-corrected chi connectivity index (χ4v) is 6.01. The van der Waals surface area contributed by atoms with Crippen LogP contribution < -0.4 is 0 Å². The van der Waals surface area contributed by atoms with Crippen molar-refractivity contribution < 1.29 is 0 Å². The minimum Gasteiger partial charge on any atom is -0.208 e. The van der Waals surface area contributed by atoms with Crippen LogP contribution in [0.15, 0.2) is 133 Å². The summed E-state index contributed by atoms with van der Waals surface area (Å²) in [6.07, 6.45) is 0. The van der Waals surface area contributed by atoms with Crippen molar-refractivity contribution in [3.63, 3.8) is 0 Å². The van der Waals surface area contributed by atoms with Gasteiger partial charge in [0.1, 0.15) is 0 Å². The molecule has 4 heteroatoms. The topological polar surface area (TPSA) is 38.7 Å². The number of fused-ring (bicyclic) bond motifs is 6. The highest BCUT2D eigenvalue weighted by atomic mass is 35.5. The van der Waals surface area contributed by atoms with Gasteiger partial charge in [-0.05, 0) is 78.6 Å². The van der Waals surface area contributed by atoms with E-state index in [0.29, 0.717) is 11.6 Å². The number of nitrogens with zero attached hydrogens (tertiary/aromatic N) is 3. The molecule has 0 fully saturated rings. The van der Waals surface area contributed by atoms with Crippen molar-refractivity contribution in [3.05, 3.63) is 139 Å². The molecule has 0 amide bonds. The van der Waals surface area contributed by atoms with Gasteiger partial charge in [0.25, 0.3) is 0 Å². The monoisotopic (exact) mass is 543 g/mol. The van der Waals surface area contributed by atoms with E-state index < -0.39 is 0 Å². The third kappa shape index (κ3) is 4.10. The summed E-state index contributed by atoms with van der Waals surface area (Å²) in [6, 6.07) is 46.6. The third-order valence-electron chi connectivity index (χ3n) is 7.80. The summed E-state index contributed by atoms with van der Waals surface area (Å²) in [7, 11) is 0. The maximum atomic E-state index is 6.58. The Morgan fingerprint density at radius 3 is 1.85 bits per heavy atom. The summed E-state index contributed by atoms with van der Waals surface area (Å²) >= 11 is 6.58. The molecular formula is C37H22ClN3. The van der Waals surface area contributed by atoms with Crippen LogP contribution in [0, 0.1) is 0 Å². The van der Waals surface area contributed by atoms with Crippen molar-refractivity contribution in [1.82, 2.24) is 15.0 Å². The van der Waals surface area contributed by atoms with E-state index in [1.54, 1.807) is 0 Å². The smallest absolute Gasteiger partial charge is 0.208 e. The molecular weight excluding hydrogens is 522 g/mol. The molecule has 8 aromatic rings. The van der Waals surface area contributed by atoms with E-state index in [-0.39, 0.29) is 5.28 Å². The van der Waals surface area contributed by atoms with Crippen molar-refractivity contribution in [2.75, 3.05) is 0 Å². The summed E-state index contributed by atoms with van der Waals surface area (Å²) in [4.78, 5) is 14.2. The lowest BCUT2D eigenvalue weighted by Gasteiger charge is -2.13. The van der Waals surface area contributed by atoms with Gasteiger partial charge in [-0.15, -0.1) is 0 Å². The van der Waals surface area contributed by atoms with E-state index in [9.17, 15) is 0 Å². The van der Waals surface area contributed by atoms with Crippen LogP contribution in [0.25, 0.3) is 77.0 Å². The minimum atomic E-state index is 0.172. The van der Waals surface area contributed by atoms with Gasteiger partial charge in [0, 0.05) is 16.5 Å². The molecule has 1 heterocycles. The molecule has 0 spiro atoms. The Morgan fingerprint density at radius 2 is 1.02 bits per heavy atom. The molecule has 8 rings (SSSR count). The zero-order chi connectivity index (χ0) is 27.3. The zero-order valence-corrected chi connectivity index (χ0v) is 22.7. The molecule has 7 aromatic carbocycles. The second-order valence-corrected chi connectivity index (χ2v) is 10.6. The molecule has 0 aliphatic carbocycles. The lowest BCUT2D eigenvalue weighted by atomic mass is 9.92. The summed E-state index contributed by atoms with van der Waals surface area (Å²) in [5, 5.41) is 9.36. The Bertz CT molecular complexity index is 2280. The lowest BCUT2D eigenvalue weighted by Crippen LogP contribution is -1.98. The van der Waals surface area contributed by atoms with Crippen molar-refractivity contribution in [2.24, 2.45) is 0 Å². The van der Waals surface area contributed by atoms with Gasteiger partial charge in [-0.25, -0.2) is 4.98 Å². The highest BCUT2D eigenvalue weighted by molar-refractivity contribution is 6.28. The van der Waals surface area contributed by atoms with Gasteiger partial charge >= 0.3 is 0 Å². The first kappa shape index (κ1) is 23.7. The third-order valence-corrected chi connectivity index (χ3v) is 7.97. The predicted octanol–water partition coefficient (Wildman–Crippen LogP) is 10.1. The molecule has 0 saturated heterocycles. The Balaban J connectivity index is 1.32. The first-order valence-electron chi connectivity index (χ1n) is 13.6. The second-order valence-electron chi connectivity index (χ2n) is 10.2. The van der Waals surface area contributed by atoms with Crippen LogP contribution in [0.3, 0.4) is 0 Å². The second kappa shape index (κ2) is 9.51. The average molecular weight is 544 g/mol. The summed E-state index contributed by atoms with van der Waals surface area (Å²) < 4.78 is 0. The Hall–Kier alpha value is -5.12. The van der Waals surface area contributed by atoms with Crippen LogP contribution >= 0.6 is 11.6 Å². The van der Waals surface area contributed by atoms with Crippen LogP contribution in [0.4, 0.5) is 0 Å². The van der Waals surface area contributed by atoms with Crippen molar-refractivity contribution >= 4 is 54.7 Å². The molecule has 0 aliphatic rings. The van der Waals surface area contributed by atoms with E-state index in [0.717, 1.165) is 43.4 Å². The molecule has 0 saturated carbocycles. The number of aromatic nitrogens is 3. The molecule has 0 radical (unpaired) electrons. The van der Waals surface area contributed by atoms with Gasteiger partial charge in [-0.3, -0.25) is 0 Å². The van der Waals surface area contributed by atoms with Gasteiger partial charge in [-0.2, -0.15) is 9.97 Å². The maximum absolute atomic E-state index is 6.58. The Kier molecular flexibility index (Phi) is 5.51. The minimum absolute atomic E-state index is 0.172. The lowest BCUT2D eigenvalue weighted by molar-refractivity contribution is 1.07. The Labute approximate surface area is 241 Å². The highest BCUT2D eigenvalue weighted by Crippen LogP contribution is 2.39. The predicted molar refractivity (Wildman–Crippen MR) is 171 cm³/mol. The molecule has 0 unspecified atom stereocenters. The van der Waals surface area contributed by atoms with E-state index in [1.807, 2.05) is 6.07 Å². The van der Waals surface area contributed by atoms with Crippen LogP contribution in [-0.4, -0.2) is 15.0 Å². The Morgan fingerprint density at radius 1 is 0.390 bits per heavy atom. The number of halogens is 1. The summed E-state index contributed by atoms with van der Waals surface area (Å²) in [5.41, 5.74) is 4.22. The number of benzene rings is 7. The van der Waals surface area contributed by atoms with Gasteiger partial charge in [-0.1, -0.05) is 115 Å². The van der Waals surface area contributed by atoms with E-state index in [1.165, 1.54) is 21.9 Å². The first-order valence-corrected chi connectivity index (χ1v) is 13.9. The van der Waals surface area contributed by atoms with Crippen LogP contribution in [0.2, 0.25) is 5.28 Å². The summed E-state index contributed by atoms with van der Waals surface area (Å²) in [6.45, 7) is 0. The molecule has 0 bridgehead atoms. The van der Waals surface area contributed by atoms with Crippen LogP contribution in [-0.2, 0) is 0 Å². The number of hydrogen-bond donors (Lipinski definition) is 0. The largest absolute Gasteiger partial charge is 0.226 e. The zero-order valence-electron chi connectivity index (χ0n) is 21.9. The molecule has 41 heavy (non-hydrogen) atoms. The molecule has 0 aliphatic heterocycles. The summed E-state index contributed by atoms with van der Waals surface area (Å²) in [5.74, 6) is 1.11.